The first kappa shape index (κ1) is 18.4. The maximum absolute atomic E-state index is 12.1. The maximum Gasteiger partial charge on any atom is 0.407 e. The minimum Gasteiger partial charge on any atom is -0.444 e. The Morgan fingerprint density at radius 1 is 1.26 bits per heavy atom. The third kappa shape index (κ3) is 11.0. The molecule has 19 heavy (non-hydrogen) atoms. The summed E-state index contributed by atoms with van der Waals surface area (Å²) in [7, 11) is 0. The Hall–Kier alpha value is -0.590. The molecule has 0 spiro atoms. The van der Waals surface area contributed by atoms with Gasteiger partial charge in [0.05, 0.1) is 5.75 Å². The minimum absolute atomic E-state index is 0.0354. The van der Waals surface area contributed by atoms with Crippen molar-refractivity contribution in [2.24, 2.45) is 5.92 Å². The van der Waals surface area contributed by atoms with Crippen molar-refractivity contribution in [3.05, 3.63) is 0 Å². The Bertz CT molecular complexity index is 288. The van der Waals surface area contributed by atoms with Crippen molar-refractivity contribution in [2.75, 3.05) is 11.5 Å². The molecule has 1 amide bonds. The minimum atomic E-state index is -4.18. The number of nitrogens with one attached hydrogen (secondary N) is 1. The lowest BCUT2D eigenvalue weighted by atomic mass is 10.1. The highest BCUT2D eigenvalue weighted by Crippen LogP contribution is 2.22. The Morgan fingerprint density at radius 2 is 1.79 bits per heavy atom. The van der Waals surface area contributed by atoms with Crippen LogP contribution in [0.2, 0.25) is 0 Å². The molecule has 0 bridgehead atoms. The molecule has 0 saturated heterocycles. The van der Waals surface area contributed by atoms with Gasteiger partial charge in [0.2, 0.25) is 0 Å². The molecule has 1 N–H and O–H groups in total. The van der Waals surface area contributed by atoms with Gasteiger partial charge in [-0.3, -0.25) is 0 Å². The quantitative estimate of drug-likeness (QED) is 0.838. The van der Waals surface area contributed by atoms with Crippen molar-refractivity contribution in [3.8, 4) is 0 Å². The number of thioether (sulfide) groups is 1. The second kappa shape index (κ2) is 7.26. The number of alkyl halides is 3. The molecule has 0 aliphatic rings. The van der Waals surface area contributed by atoms with E-state index in [4.69, 9.17) is 4.74 Å². The highest BCUT2D eigenvalue weighted by molar-refractivity contribution is 7.99. The average molecular weight is 301 g/mol. The summed E-state index contributed by atoms with van der Waals surface area (Å²) in [6.45, 7) is 8.88. The molecule has 114 valence electrons. The zero-order chi connectivity index (χ0) is 15.3. The van der Waals surface area contributed by atoms with Gasteiger partial charge in [-0.15, -0.1) is 0 Å². The molecular formula is C12H22F3NO2S. The van der Waals surface area contributed by atoms with Gasteiger partial charge in [0.1, 0.15) is 5.60 Å². The van der Waals surface area contributed by atoms with E-state index in [1.54, 1.807) is 20.8 Å². The average Bonchev–Trinajstić information content (AvgIpc) is 2.10. The number of carbonyl (C=O) groups excluding carboxylic acids is 1. The first-order valence-electron chi connectivity index (χ1n) is 6.05. The second-order valence-electron chi connectivity index (χ2n) is 5.63. The van der Waals surface area contributed by atoms with E-state index in [0.717, 1.165) is 11.8 Å². The molecule has 1 atom stereocenters. The highest BCUT2D eigenvalue weighted by atomic mass is 32.2. The molecule has 7 heteroatoms. The lowest BCUT2D eigenvalue weighted by Gasteiger charge is -2.25. The Labute approximate surface area is 116 Å². The smallest absolute Gasteiger partial charge is 0.407 e. The number of carbonyl (C=O) groups is 1. The van der Waals surface area contributed by atoms with E-state index in [1.807, 2.05) is 13.8 Å². The van der Waals surface area contributed by atoms with E-state index in [9.17, 15) is 18.0 Å². The molecule has 3 nitrogen and oxygen atoms in total. The van der Waals surface area contributed by atoms with Crippen molar-refractivity contribution in [1.82, 2.24) is 5.32 Å². The first-order valence-corrected chi connectivity index (χ1v) is 7.20. The van der Waals surface area contributed by atoms with Crippen LogP contribution in [0.25, 0.3) is 0 Å². The van der Waals surface area contributed by atoms with Gasteiger partial charge in [0, 0.05) is 11.8 Å². The molecule has 0 radical (unpaired) electrons. The van der Waals surface area contributed by atoms with Crippen LogP contribution in [0.3, 0.4) is 0 Å². The summed E-state index contributed by atoms with van der Waals surface area (Å²) in [5.74, 6) is -0.670. The zero-order valence-electron chi connectivity index (χ0n) is 11.9. The van der Waals surface area contributed by atoms with Crippen molar-refractivity contribution >= 4 is 17.9 Å². The van der Waals surface area contributed by atoms with Gasteiger partial charge in [-0.2, -0.15) is 24.9 Å². The molecule has 0 aliphatic heterocycles. The molecule has 0 rings (SSSR count). The SMILES string of the molecule is CC(C)[C@H](CSCC(F)(F)F)NC(=O)OC(C)(C)C. The van der Waals surface area contributed by atoms with Crippen molar-refractivity contribution < 1.29 is 22.7 Å². The Balaban J connectivity index is 4.24. The number of rotatable bonds is 5. The Kier molecular flexibility index (Phi) is 7.04. The fourth-order valence-electron chi connectivity index (χ4n) is 1.16. The summed E-state index contributed by atoms with van der Waals surface area (Å²) in [6.07, 6.45) is -4.78. The number of alkyl carbamates (subject to hydrolysis) is 1. The van der Waals surface area contributed by atoms with Crippen molar-refractivity contribution in [1.29, 1.82) is 0 Å². The van der Waals surface area contributed by atoms with Crippen LogP contribution in [-0.2, 0) is 4.74 Å². The van der Waals surface area contributed by atoms with E-state index < -0.39 is 23.6 Å². The molecule has 0 heterocycles. The third-order valence-corrected chi connectivity index (χ3v) is 3.20. The molecule has 0 aromatic rings. The highest BCUT2D eigenvalue weighted by Gasteiger charge is 2.28. The van der Waals surface area contributed by atoms with Crippen LogP contribution in [0.4, 0.5) is 18.0 Å². The number of halogens is 3. The summed E-state index contributed by atoms with van der Waals surface area (Å²) in [6, 6.07) is -0.345. The van der Waals surface area contributed by atoms with Crippen LogP contribution < -0.4 is 5.32 Å². The lowest BCUT2D eigenvalue weighted by molar-refractivity contribution is -0.105. The van der Waals surface area contributed by atoms with Gasteiger partial charge in [0.25, 0.3) is 0 Å². The molecule has 0 aromatic heterocycles. The normalized spacial score (nSPS) is 14.4. The Morgan fingerprint density at radius 3 is 2.16 bits per heavy atom. The second-order valence-corrected chi connectivity index (χ2v) is 6.66. The molecular weight excluding hydrogens is 279 g/mol. The molecule has 0 unspecified atom stereocenters. The van der Waals surface area contributed by atoms with Crippen LogP contribution in [0.15, 0.2) is 0 Å². The standard InChI is InChI=1S/C12H22F3NO2S/c1-8(2)9(6-19-7-12(13,14)15)16-10(17)18-11(3,4)5/h8-9H,6-7H2,1-5H3,(H,16,17)/t9-/m0/s1. The molecule has 0 aromatic carbocycles. The maximum atomic E-state index is 12.1. The summed E-state index contributed by atoms with van der Waals surface area (Å²) < 4.78 is 41.3. The molecule has 0 aliphatic carbocycles. The monoisotopic (exact) mass is 301 g/mol. The summed E-state index contributed by atoms with van der Waals surface area (Å²) >= 11 is 0.761. The molecule has 0 saturated carbocycles. The lowest BCUT2D eigenvalue weighted by Crippen LogP contribution is -2.43. The van der Waals surface area contributed by atoms with Crippen LogP contribution in [0.5, 0.6) is 0 Å². The summed E-state index contributed by atoms with van der Waals surface area (Å²) in [4.78, 5) is 11.6. The van der Waals surface area contributed by atoms with Crippen LogP contribution in [0, 0.1) is 5.92 Å². The number of ether oxygens (including phenoxy) is 1. The van der Waals surface area contributed by atoms with Crippen LogP contribution in [-0.4, -0.2) is 35.4 Å². The number of amides is 1. The van der Waals surface area contributed by atoms with Gasteiger partial charge >= 0.3 is 12.3 Å². The fourth-order valence-corrected chi connectivity index (χ4v) is 2.23. The fraction of sp³-hybridized carbons (Fsp3) is 0.917. The van der Waals surface area contributed by atoms with Crippen LogP contribution >= 0.6 is 11.8 Å². The first-order chi connectivity index (χ1) is 8.41. The van der Waals surface area contributed by atoms with Gasteiger partial charge in [-0.1, -0.05) is 13.8 Å². The van der Waals surface area contributed by atoms with Gasteiger partial charge in [-0.05, 0) is 26.7 Å². The van der Waals surface area contributed by atoms with Gasteiger partial charge < -0.3 is 10.1 Å². The van der Waals surface area contributed by atoms with E-state index in [-0.39, 0.29) is 17.7 Å². The molecule has 0 fully saturated rings. The van der Waals surface area contributed by atoms with E-state index >= 15 is 0 Å². The van der Waals surface area contributed by atoms with Crippen molar-refractivity contribution in [3.63, 3.8) is 0 Å². The number of hydrogen-bond donors (Lipinski definition) is 1. The zero-order valence-corrected chi connectivity index (χ0v) is 12.7. The van der Waals surface area contributed by atoms with Gasteiger partial charge in [-0.25, -0.2) is 4.79 Å². The van der Waals surface area contributed by atoms with Gasteiger partial charge in [0.15, 0.2) is 0 Å². The third-order valence-electron chi connectivity index (χ3n) is 2.07. The summed E-state index contributed by atoms with van der Waals surface area (Å²) in [5, 5.41) is 2.61. The predicted molar refractivity (Wildman–Crippen MR) is 71.4 cm³/mol. The van der Waals surface area contributed by atoms with E-state index in [2.05, 4.69) is 5.32 Å². The van der Waals surface area contributed by atoms with E-state index in [1.165, 1.54) is 0 Å². The van der Waals surface area contributed by atoms with Crippen molar-refractivity contribution in [2.45, 2.75) is 52.4 Å². The predicted octanol–water partition coefficient (Wildman–Crippen LogP) is 3.83. The number of hydrogen-bond acceptors (Lipinski definition) is 3. The largest absolute Gasteiger partial charge is 0.444 e. The summed E-state index contributed by atoms with van der Waals surface area (Å²) in [5.41, 5.74) is -0.620. The van der Waals surface area contributed by atoms with E-state index in [0.29, 0.717) is 0 Å². The topological polar surface area (TPSA) is 38.3 Å². The van der Waals surface area contributed by atoms with Crippen LogP contribution in [0.1, 0.15) is 34.6 Å².